The summed E-state index contributed by atoms with van der Waals surface area (Å²) in [5.74, 6) is 0.483. The van der Waals surface area contributed by atoms with Gasteiger partial charge < -0.3 is 13.7 Å². The van der Waals surface area contributed by atoms with E-state index in [0.717, 1.165) is 5.56 Å². The molecule has 0 amide bonds. The van der Waals surface area contributed by atoms with Crippen molar-refractivity contribution in [3.63, 3.8) is 0 Å². The number of esters is 1. The lowest BCUT2D eigenvalue weighted by molar-refractivity contribution is 0.0436. The summed E-state index contributed by atoms with van der Waals surface area (Å²) in [6.07, 6.45) is 0. The van der Waals surface area contributed by atoms with Gasteiger partial charge in [0, 0.05) is 5.56 Å². The van der Waals surface area contributed by atoms with Crippen LogP contribution in [0.4, 0.5) is 0 Å². The number of aromatic nitrogens is 3. The third-order valence-corrected chi connectivity index (χ3v) is 3.05. The van der Waals surface area contributed by atoms with Gasteiger partial charge >= 0.3 is 5.97 Å². The Hall–Kier alpha value is -2.96. The zero-order valence-corrected chi connectivity index (χ0v) is 12.1. The van der Waals surface area contributed by atoms with Gasteiger partial charge in [-0.3, -0.25) is 0 Å². The summed E-state index contributed by atoms with van der Waals surface area (Å²) in [5, 5.41) is 11.5. The maximum atomic E-state index is 12.0. The first-order valence-electron chi connectivity index (χ1n) is 6.63. The van der Waals surface area contributed by atoms with Crippen LogP contribution < -0.4 is 0 Å². The summed E-state index contributed by atoms with van der Waals surface area (Å²) in [4.78, 5) is 12.0. The Bertz CT molecular complexity index is 773. The minimum absolute atomic E-state index is 0.108. The summed E-state index contributed by atoms with van der Waals surface area (Å²) < 4.78 is 15.5. The Kier molecular flexibility index (Phi) is 3.69. The molecule has 7 heteroatoms. The summed E-state index contributed by atoms with van der Waals surface area (Å²) >= 11 is 0. The second kappa shape index (κ2) is 5.80. The molecule has 0 fully saturated rings. The summed E-state index contributed by atoms with van der Waals surface area (Å²) in [5.41, 5.74) is 1.61. The van der Waals surface area contributed by atoms with E-state index in [0.29, 0.717) is 22.9 Å². The van der Waals surface area contributed by atoms with Crippen LogP contribution in [-0.2, 0) is 11.3 Å². The predicted molar refractivity (Wildman–Crippen MR) is 74.8 cm³/mol. The van der Waals surface area contributed by atoms with Crippen LogP contribution in [-0.4, -0.2) is 21.3 Å². The molecule has 2 aromatic heterocycles. The van der Waals surface area contributed by atoms with Crippen molar-refractivity contribution in [2.75, 3.05) is 0 Å². The van der Waals surface area contributed by atoms with Crippen molar-refractivity contribution < 1.29 is 18.5 Å². The number of hydrogen-bond donors (Lipinski definition) is 0. The largest absolute Gasteiger partial charge is 0.452 e. The molecule has 0 N–H and O–H groups in total. The van der Waals surface area contributed by atoms with Gasteiger partial charge in [-0.15, -0.1) is 10.2 Å². The highest BCUT2D eigenvalue weighted by Gasteiger charge is 2.20. The summed E-state index contributed by atoms with van der Waals surface area (Å²) in [6, 6.07) is 9.35. The van der Waals surface area contributed by atoms with Gasteiger partial charge in [0.25, 0.3) is 5.89 Å². The standard InChI is InChI=1S/C15H13N3O4/c1-9-13(10(2)22-18-9)15(19)20-8-12-16-17-14(21-12)11-6-4-3-5-7-11/h3-7H,8H2,1-2H3. The molecule has 1 aromatic carbocycles. The van der Waals surface area contributed by atoms with Gasteiger partial charge in [-0.25, -0.2) is 4.79 Å². The van der Waals surface area contributed by atoms with E-state index >= 15 is 0 Å². The van der Waals surface area contributed by atoms with E-state index in [1.807, 2.05) is 30.3 Å². The predicted octanol–water partition coefficient (Wildman–Crippen LogP) is 2.70. The molecule has 3 aromatic rings. The van der Waals surface area contributed by atoms with E-state index < -0.39 is 5.97 Å². The van der Waals surface area contributed by atoms with Crippen LogP contribution in [0, 0.1) is 13.8 Å². The number of ether oxygens (including phenoxy) is 1. The lowest BCUT2D eigenvalue weighted by atomic mass is 10.2. The van der Waals surface area contributed by atoms with Gasteiger partial charge in [0.1, 0.15) is 11.3 Å². The van der Waals surface area contributed by atoms with Crippen LogP contribution in [0.15, 0.2) is 39.3 Å². The van der Waals surface area contributed by atoms with E-state index in [9.17, 15) is 4.79 Å². The van der Waals surface area contributed by atoms with Gasteiger partial charge in [-0.05, 0) is 26.0 Å². The Labute approximate surface area is 125 Å². The quantitative estimate of drug-likeness (QED) is 0.684. The van der Waals surface area contributed by atoms with E-state index in [2.05, 4.69) is 15.4 Å². The summed E-state index contributed by atoms with van der Waals surface area (Å²) in [7, 11) is 0. The van der Waals surface area contributed by atoms with E-state index in [1.54, 1.807) is 13.8 Å². The minimum Gasteiger partial charge on any atom is -0.452 e. The van der Waals surface area contributed by atoms with Crippen molar-refractivity contribution in [3.05, 3.63) is 53.2 Å². The first-order valence-corrected chi connectivity index (χ1v) is 6.63. The number of hydrogen-bond acceptors (Lipinski definition) is 7. The molecule has 22 heavy (non-hydrogen) atoms. The van der Waals surface area contributed by atoms with Crippen molar-refractivity contribution in [3.8, 4) is 11.5 Å². The monoisotopic (exact) mass is 299 g/mol. The van der Waals surface area contributed by atoms with Crippen LogP contribution in [0.5, 0.6) is 0 Å². The van der Waals surface area contributed by atoms with Crippen molar-refractivity contribution in [2.45, 2.75) is 20.5 Å². The lowest BCUT2D eigenvalue weighted by Crippen LogP contribution is -2.07. The maximum absolute atomic E-state index is 12.0. The molecule has 0 saturated carbocycles. The van der Waals surface area contributed by atoms with Gasteiger partial charge in [-0.2, -0.15) is 0 Å². The smallest absolute Gasteiger partial charge is 0.344 e. The molecule has 0 spiro atoms. The number of benzene rings is 1. The molecule has 0 aliphatic rings. The Morgan fingerprint density at radius 1 is 1.18 bits per heavy atom. The van der Waals surface area contributed by atoms with Gasteiger partial charge in [0.2, 0.25) is 5.89 Å². The molecule has 0 aliphatic heterocycles. The normalized spacial score (nSPS) is 10.6. The van der Waals surface area contributed by atoms with Crippen molar-refractivity contribution in [1.82, 2.24) is 15.4 Å². The van der Waals surface area contributed by atoms with Crippen LogP contribution in [0.25, 0.3) is 11.5 Å². The van der Waals surface area contributed by atoms with E-state index in [4.69, 9.17) is 13.7 Å². The maximum Gasteiger partial charge on any atom is 0.344 e. The van der Waals surface area contributed by atoms with Crippen LogP contribution in [0.3, 0.4) is 0 Å². The summed E-state index contributed by atoms with van der Waals surface area (Å²) in [6.45, 7) is 3.22. The zero-order valence-electron chi connectivity index (χ0n) is 12.1. The molecular formula is C15H13N3O4. The molecule has 0 radical (unpaired) electrons. The lowest BCUT2D eigenvalue weighted by Gasteiger charge is -2.00. The number of carbonyl (C=O) groups excluding carboxylic acids is 1. The fraction of sp³-hybridized carbons (Fsp3) is 0.200. The minimum atomic E-state index is -0.532. The van der Waals surface area contributed by atoms with Crippen LogP contribution in [0.1, 0.15) is 27.7 Å². The second-order valence-corrected chi connectivity index (χ2v) is 4.64. The SMILES string of the molecule is Cc1noc(C)c1C(=O)OCc1nnc(-c2ccccc2)o1. The van der Waals surface area contributed by atoms with Gasteiger partial charge in [0.05, 0.1) is 5.69 Å². The number of rotatable bonds is 4. The molecule has 2 heterocycles. The molecule has 0 unspecified atom stereocenters. The molecule has 0 atom stereocenters. The van der Waals surface area contributed by atoms with Crippen molar-refractivity contribution >= 4 is 5.97 Å². The highest BCUT2D eigenvalue weighted by molar-refractivity contribution is 5.91. The Morgan fingerprint density at radius 2 is 1.95 bits per heavy atom. The molecule has 0 saturated heterocycles. The molecular weight excluding hydrogens is 286 g/mol. The first kappa shape index (κ1) is 14.0. The fourth-order valence-corrected chi connectivity index (χ4v) is 1.98. The Balaban J connectivity index is 1.68. The van der Waals surface area contributed by atoms with Gasteiger partial charge in [0.15, 0.2) is 6.61 Å². The third kappa shape index (κ3) is 2.73. The number of carbonyl (C=O) groups is 1. The van der Waals surface area contributed by atoms with Crippen molar-refractivity contribution in [2.24, 2.45) is 0 Å². The Morgan fingerprint density at radius 3 is 2.64 bits per heavy atom. The first-order chi connectivity index (χ1) is 10.6. The molecule has 3 rings (SSSR count). The topological polar surface area (TPSA) is 91.2 Å². The average Bonchev–Trinajstić information content (AvgIpc) is 3.13. The zero-order chi connectivity index (χ0) is 15.5. The average molecular weight is 299 g/mol. The molecule has 0 aliphatic carbocycles. The fourth-order valence-electron chi connectivity index (χ4n) is 1.98. The highest BCUT2D eigenvalue weighted by Crippen LogP contribution is 2.18. The van der Waals surface area contributed by atoms with E-state index in [1.165, 1.54) is 0 Å². The second-order valence-electron chi connectivity index (χ2n) is 4.64. The van der Waals surface area contributed by atoms with Crippen LogP contribution >= 0.6 is 0 Å². The number of aryl methyl sites for hydroxylation is 2. The molecule has 7 nitrogen and oxygen atoms in total. The van der Waals surface area contributed by atoms with Gasteiger partial charge in [-0.1, -0.05) is 23.4 Å². The molecule has 112 valence electrons. The van der Waals surface area contributed by atoms with Crippen molar-refractivity contribution in [1.29, 1.82) is 0 Å². The third-order valence-electron chi connectivity index (χ3n) is 3.05. The van der Waals surface area contributed by atoms with E-state index in [-0.39, 0.29) is 12.5 Å². The highest BCUT2D eigenvalue weighted by atomic mass is 16.5. The molecule has 0 bridgehead atoms. The number of nitrogens with zero attached hydrogens (tertiary/aromatic N) is 3. The van der Waals surface area contributed by atoms with Crippen LogP contribution in [0.2, 0.25) is 0 Å².